The van der Waals surface area contributed by atoms with Gasteiger partial charge in [-0.1, -0.05) is 13.0 Å². The highest BCUT2D eigenvalue weighted by Gasteiger charge is 2.28. The smallest absolute Gasteiger partial charge is 0.176 e. The van der Waals surface area contributed by atoms with E-state index in [1.807, 2.05) is 13.8 Å². The van der Waals surface area contributed by atoms with Crippen molar-refractivity contribution in [2.75, 3.05) is 26.9 Å². The maximum Gasteiger partial charge on any atom is 0.176 e. The molecule has 0 bridgehead atoms. The lowest BCUT2D eigenvalue weighted by Gasteiger charge is -2.30. The Morgan fingerprint density at radius 2 is 1.67 bits per heavy atom. The van der Waals surface area contributed by atoms with E-state index < -0.39 is 0 Å². The molecule has 1 rings (SSSR count). The Balaban J connectivity index is 3.25. The van der Waals surface area contributed by atoms with Crippen LogP contribution in [0.15, 0.2) is 12.1 Å². The summed E-state index contributed by atoms with van der Waals surface area (Å²) in [7, 11) is 1.71. The first-order chi connectivity index (χ1) is 10.1. The number of ether oxygens (including phenoxy) is 3. The van der Waals surface area contributed by atoms with E-state index in [2.05, 4.69) is 38.2 Å². The topological polar surface area (TPSA) is 39.7 Å². The van der Waals surface area contributed by atoms with Crippen LogP contribution >= 0.6 is 0 Å². The van der Waals surface area contributed by atoms with Crippen molar-refractivity contribution in [2.24, 2.45) is 0 Å². The Labute approximate surface area is 128 Å². The largest absolute Gasteiger partial charge is 0.496 e. The van der Waals surface area contributed by atoms with Crippen LogP contribution in [-0.4, -0.2) is 33.2 Å². The monoisotopic (exact) mass is 295 g/mol. The highest BCUT2D eigenvalue weighted by Crippen LogP contribution is 2.33. The molecule has 0 saturated heterocycles. The van der Waals surface area contributed by atoms with Gasteiger partial charge in [-0.05, 0) is 51.4 Å². The molecule has 0 aliphatic rings. The van der Waals surface area contributed by atoms with Crippen LogP contribution in [0.2, 0.25) is 0 Å². The van der Waals surface area contributed by atoms with Crippen molar-refractivity contribution in [1.29, 1.82) is 0 Å². The Kier molecular flexibility index (Phi) is 7.72. The van der Waals surface area contributed by atoms with Crippen LogP contribution in [-0.2, 0) is 9.47 Å². The summed E-state index contributed by atoms with van der Waals surface area (Å²) in [5.41, 5.74) is 3.48. The summed E-state index contributed by atoms with van der Waals surface area (Å²) < 4.78 is 17.2. The number of likely N-dealkylation sites (N-methyl/N-ethyl adjacent to an activating group) is 1. The van der Waals surface area contributed by atoms with Crippen LogP contribution in [0.25, 0.3) is 0 Å². The van der Waals surface area contributed by atoms with Crippen LogP contribution in [0.3, 0.4) is 0 Å². The molecule has 4 heteroatoms. The molecule has 1 unspecified atom stereocenters. The van der Waals surface area contributed by atoms with E-state index in [-0.39, 0.29) is 12.3 Å². The molecule has 0 fully saturated rings. The van der Waals surface area contributed by atoms with Gasteiger partial charge in [-0.3, -0.25) is 0 Å². The summed E-state index contributed by atoms with van der Waals surface area (Å²) in [5.74, 6) is 0.878. The van der Waals surface area contributed by atoms with Crippen LogP contribution in [0.4, 0.5) is 0 Å². The maximum atomic E-state index is 5.80. The molecule has 0 spiro atoms. The second-order valence-electron chi connectivity index (χ2n) is 5.01. The lowest BCUT2D eigenvalue weighted by atomic mass is 9.97. The number of methoxy groups -OCH3 is 1. The van der Waals surface area contributed by atoms with Gasteiger partial charge in [-0.25, -0.2) is 0 Å². The average molecular weight is 295 g/mol. The van der Waals surface area contributed by atoms with Crippen molar-refractivity contribution in [3.8, 4) is 5.75 Å². The minimum absolute atomic E-state index is 0.0505. The molecule has 0 aliphatic heterocycles. The van der Waals surface area contributed by atoms with Crippen LogP contribution in [0.5, 0.6) is 5.75 Å². The number of benzene rings is 1. The van der Waals surface area contributed by atoms with Gasteiger partial charge in [0.25, 0.3) is 0 Å². The van der Waals surface area contributed by atoms with Crippen molar-refractivity contribution in [3.05, 3.63) is 28.8 Å². The van der Waals surface area contributed by atoms with Gasteiger partial charge in [0.2, 0.25) is 0 Å². The van der Waals surface area contributed by atoms with E-state index in [4.69, 9.17) is 14.2 Å². The van der Waals surface area contributed by atoms with Crippen molar-refractivity contribution < 1.29 is 14.2 Å². The van der Waals surface area contributed by atoms with Gasteiger partial charge in [-0.15, -0.1) is 0 Å². The van der Waals surface area contributed by atoms with Gasteiger partial charge < -0.3 is 19.5 Å². The van der Waals surface area contributed by atoms with E-state index in [9.17, 15) is 0 Å². The number of hydrogen-bond acceptors (Lipinski definition) is 4. The third-order valence-electron chi connectivity index (χ3n) is 3.38. The third-order valence-corrected chi connectivity index (χ3v) is 3.38. The lowest BCUT2D eigenvalue weighted by Crippen LogP contribution is -2.36. The minimum atomic E-state index is -0.324. The number of hydrogen-bond donors (Lipinski definition) is 1. The zero-order chi connectivity index (χ0) is 15.8. The quantitative estimate of drug-likeness (QED) is 0.709. The Morgan fingerprint density at radius 1 is 1.05 bits per heavy atom. The first-order valence-corrected chi connectivity index (χ1v) is 7.70. The van der Waals surface area contributed by atoms with Gasteiger partial charge in [0, 0.05) is 18.8 Å². The molecule has 0 heterocycles. The fraction of sp³-hybridized carbons (Fsp3) is 0.647. The van der Waals surface area contributed by atoms with Crippen molar-refractivity contribution in [3.63, 3.8) is 0 Å². The normalized spacial score (nSPS) is 12.7. The summed E-state index contributed by atoms with van der Waals surface area (Å²) in [6.45, 7) is 12.3. The second-order valence-corrected chi connectivity index (χ2v) is 5.01. The number of nitrogens with one attached hydrogen (secondary N) is 1. The Bertz CT molecular complexity index is 428. The van der Waals surface area contributed by atoms with Crippen LogP contribution < -0.4 is 10.1 Å². The molecular formula is C17H29NO3. The molecule has 0 radical (unpaired) electrons. The number of rotatable bonds is 9. The first kappa shape index (κ1) is 18.0. The van der Waals surface area contributed by atoms with Crippen molar-refractivity contribution in [2.45, 2.75) is 47.0 Å². The van der Waals surface area contributed by atoms with Crippen LogP contribution in [0.1, 0.15) is 43.5 Å². The van der Waals surface area contributed by atoms with Gasteiger partial charge >= 0.3 is 0 Å². The van der Waals surface area contributed by atoms with E-state index in [0.29, 0.717) is 13.2 Å². The van der Waals surface area contributed by atoms with Crippen molar-refractivity contribution in [1.82, 2.24) is 5.32 Å². The zero-order valence-corrected chi connectivity index (χ0v) is 14.2. The molecule has 1 aromatic carbocycles. The van der Waals surface area contributed by atoms with Crippen molar-refractivity contribution >= 4 is 0 Å². The third kappa shape index (κ3) is 4.70. The van der Waals surface area contributed by atoms with Gasteiger partial charge in [0.05, 0.1) is 13.2 Å². The molecule has 0 aliphatic carbocycles. The zero-order valence-electron chi connectivity index (χ0n) is 14.2. The average Bonchev–Trinajstić information content (AvgIpc) is 2.44. The molecule has 4 nitrogen and oxygen atoms in total. The summed E-state index contributed by atoms with van der Waals surface area (Å²) in [4.78, 5) is 0. The fourth-order valence-corrected chi connectivity index (χ4v) is 2.63. The molecule has 0 amide bonds. The molecule has 1 aromatic rings. The minimum Gasteiger partial charge on any atom is -0.496 e. The summed E-state index contributed by atoms with van der Waals surface area (Å²) >= 11 is 0. The summed E-state index contributed by atoms with van der Waals surface area (Å²) in [5, 5.41) is 3.47. The molecule has 21 heavy (non-hydrogen) atoms. The molecule has 0 saturated carbocycles. The van der Waals surface area contributed by atoms with E-state index in [1.165, 1.54) is 11.1 Å². The SMILES string of the molecule is CCNC(c1c(C)cc(C)cc1OC)C(OCC)OCC. The summed E-state index contributed by atoms with van der Waals surface area (Å²) in [6.07, 6.45) is -0.324. The molecule has 120 valence electrons. The Hall–Kier alpha value is -1.10. The van der Waals surface area contributed by atoms with E-state index >= 15 is 0 Å². The predicted molar refractivity (Wildman–Crippen MR) is 85.9 cm³/mol. The van der Waals surface area contributed by atoms with E-state index in [0.717, 1.165) is 17.9 Å². The van der Waals surface area contributed by atoms with Gasteiger partial charge in [-0.2, -0.15) is 0 Å². The van der Waals surface area contributed by atoms with E-state index in [1.54, 1.807) is 7.11 Å². The second kappa shape index (κ2) is 9.03. The predicted octanol–water partition coefficient (Wildman–Crippen LogP) is 3.36. The summed E-state index contributed by atoms with van der Waals surface area (Å²) in [6, 6.07) is 4.17. The molecular weight excluding hydrogens is 266 g/mol. The molecule has 0 aromatic heterocycles. The standard InChI is InChI=1S/C17H29NO3/c1-7-18-16(17(20-8-2)21-9-3)15-13(5)10-12(4)11-14(15)19-6/h10-11,16-18H,7-9H2,1-6H3. The van der Waals surface area contributed by atoms with Crippen LogP contribution in [0, 0.1) is 13.8 Å². The van der Waals surface area contributed by atoms with Gasteiger partial charge in [0.15, 0.2) is 6.29 Å². The fourth-order valence-electron chi connectivity index (χ4n) is 2.63. The lowest BCUT2D eigenvalue weighted by molar-refractivity contribution is -0.155. The molecule has 1 N–H and O–H groups in total. The Morgan fingerprint density at radius 3 is 2.14 bits per heavy atom. The highest BCUT2D eigenvalue weighted by atomic mass is 16.7. The maximum absolute atomic E-state index is 5.80. The highest BCUT2D eigenvalue weighted by molar-refractivity contribution is 5.45. The first-order valence-electron chi connectivity index (χ1n) is 7.70. The number of aryl methyl sites for hydroxylation is 2. The van der Waals surface area contributed by atoms with Gasteiger partial charge in [0.1, 0.15) is 5.75 Å². The molecule has 1 atom stereocenters.